The molecule has 0 aromatic heterocycles. The molecular weight excluding hydrogens is 136 g/mol. The number of rotatable bonds is 1. The van der Waals surface area contributed by atoms with Gasteiger partial charge in [-0.25, -0.2) is 0 Å². The van der Waals surface area contributed by atoms with Crippen molar-refractivity contribution >= 4 is 0 Å². The minimum absolute atomic E-state index is 0.952. The zero-order valence-corrected chi connectivity index (χ0v) is 6.92. The van der Waals surface area contributed by atoms with Gasteiger partial charge < -0.3 is 4.48 Å². The minimum Gasteiger partial charge on any atom is -0.310 e. The van der Waals surface area contributed by atoms with Gasteiger partial charge in [-0.05, 0) is 5.92 Å². The summed E-state index contributed by atoms with van der Waals surface area (Å²) in [6.07, 6.45) is 5.36. The molecule has 3 rings (SSSR count). The lowest BCUT2D eigenvalue weighted by atomic mass is 10.1. The third kappa shape index (κ3) is 1.15. The fourth-order valence-electron chi connectivity index (χ4n) is 2.16. The predicted molar refractivity (Wildman–Crippen MR) is 45.0 cm³/mol. The zero-order chi connectivity index (χ0) is 7.73. The van der Waals surface area contributed by atoms with E-state index in [9.17, 15) is 0 Å². The van der Waals surface area contributed by atoms with Crippen LogP contribution in [0.2, 0.25) is 0 Å². The molecule has 60 valence electrons. The molecule has 0 aromatic carbocycles. The Morgan fingerprint density at radius 3 is 2.18 bits per heavy atom. The number of terminal acetylenes is 1. The first-order valence-corrected chi connectivity index (χ1v) is 4.36. The van der Waals surface area contributed by atoms with Crippen LogP contribution in [0.3, 0.4) is 0 Å². The van der Waals surface area contributed by atoms with Crippen molar-refractivity contribution < 1.29 is 4.48 Å². The first-order valence-electron chi connectivity index (χ1n) is 4.36. The van der Waals surface area contributed by atoms with Gasteiger partial charge in [0.1, 0.15) is 6.54 Å². The van der Waals surface area contributed by atoms with Crippen LogP contribution in [0, 0.1) is 12.3 Å². The van der Waals surface area contributed by atoms with Crippen LogP contribution in [0.4, 0.5) is 0 Å². The van der Waals surface area contributed by atoms with Crippen molar-refractivity contribution in [2.24, 2.45) is 0 Å². The van der Waals surface area contributed by atoms with Crippen molar-refractivity contribution in [2.45, 2.75) is 0 Å². The van der Waals surface area contributed by atoms with Gasteiger partial charge in [0.25, 0.3) is 0 Å². The van der Waals surface area contributed by atoms with Gasteiger partial charge in [0.05, 0.1) is 19.6 Å². The summed E-state index contributed by atoms with van der Waals surface area (Å²) in [4.78, 5) is 2.54. The molecular formula is C9H15N2+. The van der Waals surface area contributed by atoms with E-state index in [0.717, 1.165) is 6.54 Å². The molecule has 0 aliphatic carbocycles. The SMILES string of the molecule is C#CC[N+]12CCN(CC1)CC2. The largest absolute Gasteiger partial charge is 0.310 e. The summed E-state index contributed by atoms with van der Waals surface area (Å²) in [5, 5.41) is 0. The van der Waals surface area contributed by atoms with Crippen molar-refractivity contribution in [3.63, 3.8) is 0 Å². The van der Waals surface area contributed by atoms with E-state index in [1.807, 2.05) is 0 Å². The van der Waals surface area contributed by atoms with Crippen LogP contribution in [0.5, 0.6) is 0 Å². The predicted octanol–water partition coefficient (Wildman–Crippen LogP) is -0.234. The van der Waals surface area contributed by atoms with Crippen LogP contribution in [0.15, 0.2) is 0 Å². The van der Waals surface area contributed by atoms with Gasteiger partial charge in [-0.15, -0.1) is 6.42 Å². The maximum atomic E-state index is 5.36. The number of piperazine rings is 3. The smallest absolute Gasteiger partial charge is 0.140 e. The quantitative estimate of drug-likeness (QED) is 0.369. The van der Waals surface area contributed by atoms with E-state index in [2.05, 4.69) is 10.8 Å². The Morgan fingerprint density at radius 2 is 1.73 bits per heavy atom. The van der Waals surface area contributed by atoms with Crippen LogP contribution in [-0.2, 0) is 0 Å². The molecule has 3 heterocycles. The molecule has 0 saturated carbocycles. The van der Waals surface area contributed by atoms with Gasteiger partial charge in [0.2, 0.25) is 0 Å². The molecule has 0 N–H and O–H groups in total. The van der Waals surface area contributed by atoms with Crippen LogP contribution in [-0.4, -0.2) is 55.2 Å². The number of hydrogen-bond acceptors (Lipinski definition) is 1. The Hall–Kier alpha value is -0.520. The molecule has 2 bridgehead atoms. The Morgan fingerprint density at radius 1 is 1.18 bits per heavy atom. The van der Waals surface area contributed by atoms with Crippen molar-refractivity contribution in [1.82, 2.24) is 4.90 Å². The highest BCUT2D eigenvalue weighted by Gasteiger charge is 2.37. The second kappa shape index (κ2) is 2.51. The molecule has 3 saturated heterocycles. The van der Waals surface area contributed by atoms with E-state index < -0.39 is 0 Å². The van der Waals surface area contributed by atoms with E-state index in [1.54, 1.807) is 0 Å². The van der Waals surface area contributed by atoms with E-state index in [-0.39, 0.29) is 0 Å². The lowest BCUT2D eigenvalue weighted by Gasteiger charge is -2.49. The normalized spacial score (nSPS) is 41.9. The maximum absolute atomic E-state index is 5.36. The summed E-state index contributed by atoms with van der Waals surface area (Å²) >= 11 is 0. The second-order valence-electron chi connectivity index (χ2n) is 3.72. The van der Waals surface area contributed by atoms with E-state index in [1.165, 1.54) is 43.8 Å². The maximum Gasteiger partial charge on any atom is 0.140 e. The molecule has 2 heteroatoms. The molecule has 0 amide bonds. The Bertz CT molecular complexity index is 170. The summed E-state index contributed by atoms with van der Waals surface area (Å²) in [5.74, 6) is 2.81. The highest BCUT2D eigenvalue weighted by atomic mass is 15.4. The van der Waals surface area contributed by atoms with Crippen LogP contribution >= 0.6 is 0 Å². The third-order valence-corrected chi connectivity index (χ3v) is 3.10. The number of nitrogens with zero attached hydrogens (tertiary/aromatic N) is 2. The third-order valence-electron chi connectivity index (χ3n) is 3.10. The Balaban J connectivity index is 2.07. The summed E-state index contributed by atoms with van der Waals surface area (Å²) in [7, 11) is 0. The molecule has 0 radical (unpaired) electrons. The first-order chi connectivity index (χ1) is 5.35. The minimum atomic E-state index is 0.952. The first kappa shape index (κ1) is 7.15. The molecule has 3 aliphatic rings. The Kier molecular flexibility index (Phi) is 1.63. The van der Waals surface area contributed by atoms with Gasteiger partial charge in [-0.2, -0.15) is 0 Å². The molecule has 11 heavy (non-hydrogen) atoms. The summed E-state index contributed by atoms with van der Waals surface area (Å²) < 4.78 is 1.20. The molecule has 3 aliphatic heterocycles. The van der Waals surface area contributed by atoms with Gasteiger partial charge in [0, 0.05) is 19.6 Å². The van der Waals surface area contributed by atoms with E-state index in [4.69, 9.17) is 6.42 Å². The van der Waals surface area contributed by atoms with Gasteiger partial charge in [-0.1, -0.05) is 0 Å². The Labute approximate surface area is 68.4 Å². The van der Waals surface area contributed by atoms with Gasteiger partial charge >= 0.3 is 0 Å². The van der Waals surface area contributed by atoms with Crippen molar-refractivity contribution in [1.29, 1.82) is 0 Å². The van der Waals surface area contributed by atoms with Crippen molar-refractivity contribution in [2.75, 3.05) is 45.8 Å². The molecule has 0 unspecified atom stereocenters. The van der Waals surface area contributed by atoms with Crippen LogP contribution < -0.4 is 0 Å². The standard InChI is InChI=1S/C9H15N2/c1-2-6-11-7-3-10(4-8-11)5-9-11/h1H,3-9H2/q+1. The number of fused-ring (bicyclic) bond motifs is 3. The zero-order valence-electron chi connectivity index (χ0n) is 6.92. The summed E-state index contributed by atoms with van der Waals surface area (Å²) in [6, 6.07) is 0. The van der Waals surface area contributed by atoms with E-state index in [0.29, 0.717) is 0 Å². The average Bonchev–Trinajstić information content (AvgIpc) is 2.07. The summed E-state index contributed by atoms with van der Waals surface area (Å²) in [5.41, 5.74) is 0. The fourth-order valence-corrected chi connectivity index (χ4v) is 2.16. The summed E-state index contributed by atoms with van der Waals surface area (Å²) in [6.45, 7) is 8.59. The monoisotopic (exact) mass is 151 g/mol. The van der Waals surface area contributed by atoms with Crippen LogP contribution in [0.1, 0.15) is 0 Å². The second-order valence-corrected chi connectivity index (χ2v) is 3.72. The van der Waals surface area contributed by atoms with E-state index >= 15 is 0 Å². The fraction of sp³-hybridized carbons (Fsp3) is 0.778. The molecule has 2 nitrogen and oxygen atoms in total. The average molecular weight is 151 g/mol. The molecule has 0 aromatic rings. The van der Waals surface area contributed by atoms with Gasteiger partial charge in [0.15, 0.2) is 0 Å². The number of quaternary nitrogens is 1. The topological polar surface area (TPSA) is 3.24 Å². The van der Waals surface area contributed by atoms with Crippen molar-refractivity contribution in [3.05, 3.63) is 0 Å². The van der Waals surface area contributed by atoms with Crippen molar-refractivity contribution in [3.8, 4) is 12.3 Å². The lowest BCUT2D eigenvalue weighted by Crippen LogP contribution is -2.67. The lowest BCUT2D eigenvalue weighted by molar-refractivity contribution is -0.934. The van der Waals surface area contributed by atoms with Crippen LogP contribution in [0.25, 0.3) is 0 Å². The highest BCUT2D eigenvalue weighted by molar-refractivity contribution is 4.86. The van der Waals surface area contributed by atoms with Gasteiger partial charge in [-0.3, -0.25) is 4.90 Å². The highest BCUT2D eigenvalue weighted by Crippen LogP contribution is 2.18. The molecule has 0 spiro atoms. The molecule has 0 atom stereocenters. The number of hydrogen-bond donors (Lipinski definition) is 0. The molecule has 3 fully saturated rings.